The van der Waals surface area contributed by atoms with E-state index in [0.717, 1.165) is 18.9 Å². The Morgan fingerprint density at radius 2 is 1.75 bits per heavy atom. The molecule has 0 bridgehead atoms. The Balaban J connectivity index is 2.95. The number of hydrogen-bond donors (Lipinski definition) is 1. The lowest BCUT2D eigenvalue weighted by atomic mass is 9.92. The summed E-state index contributed by atoms with van der Waals surface area (Å²) < 4.78 is 25.1. The van der Waals surface area contributed by atoms with Gasteiger partial charge in [-0.05, 0) is 30.4 Å². The van der Waals surface area contributed by atoms with Crippen LogP contribution < -0.4 is 0 Å². The third kappa shape index (κ3) is 2.59. The molecule has 0 aliphatic carbocycles. The molecule has 2 atom stereocenters. The fourth-order valence-corrected chi connectivity index (χ4v) is 1.51. The minimum atomic E-state index is -2.78. The van der Waals surface area contributed by atoms with Gasteiger partial charge in [0.15, 0.2) is 0 Å². The molecule has 90 valence electrons. The number of benzene rings is 1. The van der Waals surface area contributed by atoms with Gasteiger partial charge < -0.3 is 5.11 Å². The second-order valence-corrected chi connectivity index (χ2v) is 4.38. The Hall–Kier alpha value is -0.960. The molecule has 1 rings (SSSR count). The maximum Gasteiger partial charge on any atom is 0.270 e. The third-order valence-electron chi connectivity index (χ3n) is 3.10. The molecule has 0 saturated carbocycles. The minimum absolute atomic E-state index is 0.259. The highest BCUT2D eigenvalue weighted by atomic mass is 19.3. The van der Waals surface area contributed by atoms with E-state index in [-0.39, 0.29) is 5.56 Å². The molecule has 0 fully saturated rings. The van der Waals surface area contributed by atoms with E-state index in [2.05, 4.69) is 13.8 Å². The van der Waals surface area contributed by atoms with Crippen molar-refractivity contribution in [1.29, 1.82) is 0 Å². The van der Waals surface area contributed by atoms with Crippen LogP contribution in [0.5, 0.6) is 0 Å². The van der Waals surface area contributed by atoms with Gasteiger partial charge in [0, 0.05) is 0 Å². The predicted molar refractivity (Wildman–Crippen MR) is 60.7 cm³/mol. The molecule has 16 heavy (non-hydrogen) atoms. The van der Waals surface area contributed by atoms with E-state index in [1.807, 2.05) is 0 Å². The van der Waals surface area contributed by atoms with Crippen molar-refractivity contribution >= 4 is 0 Å². The van der Waals surface area contributed by atoms with Gasteiger partial charge in [-0.25, -0.2) is 8.78 Å². The lowest BCUT2D eigenvalue weighted by Gasteiger charge is -2.23. The highest BCUT2D eigenvalue weighted by Crippen LogP contribution is 2.29. The van der Waals surface area contributed by atoms with E-state index >= 15 is 0 Å². The summed E-state index contributed by atoms with van der Waals surface area (Å²) in [6, 6.07) is 6.77. The van der Waals surface area contributed by atoms with E-state index < -0.39 is 12.0 Å². The first-order valence-corrected chi connectivity index (χ1v) is 5.50. The van der Waals surface area contributed by atoms with Crippen molar-refractivity contribution in [3.05, 3.63) is 35.4 Å². The molecule has 0 spiro atoms. The smallest absolute Gasteiger partial charge is 0.270 e. The molecule has 2 unspecified atom stereocenters. The molecule has 1 N–H and O–H groups in total. The van der Waals surface area contributed by atoms with Gasteiger partial charge in [0.1, 0.15) is 5.60 Å². The topological polar surface area (TPSA) is 20.2 Å². The van der Waals surface area contributed by atoms with Gasteiger partial charge in [0.2, 0.25) is 0 Å². The van der Waals surface area contributed by atoms with Crippen LogP contribution in [0.2, 0.25) is 0 Å². The number of alkyl halides is 2. The average Bonchev–Trinajstić information content (AvgIpc) is 2.28. The number of aliphatic hydroxyl groups is 1. The molecule has 0 radical (unpaired) electrons. The fourth-order valence-electron chi connectivity index (χ4n) is 1.51. The summed E-state index contributed by atoms with van der Waals surface area (Å²) >= 11 is 0. The van der Waals surface area contributed by atoms with Crippen molar-refractivity contribution in [2.45, 2.75) is 45.1 Å². The number of halogens is 2. The Kier molecular flexibility index (Phi) is 4.03. The molecule has 0 aromatic heterocycles. The molecular formula is C13H18F2O. The lowest BCUT2D eigenvalue weighted by Crippen LogP contribution is -2.30. The quantitative estimate of drug-likeness (QED) is 0.833. The summed E-state index contributed by atoms with van der Waals surface area (Å²) in [5.74, 6) is 0.408. The van der Waals surface area contributed by atoms with E-state index in [0.29, 0.717) is 5.92 Å². The molecular weight excluding hydrogens is 210 g/mol. The van der Waals surface area contributed by atoms with Crippen molar-refractivity contribution in [1.82, 2.24) is 0 Å². The number of hydrogen-bond acceptors (Lipinski definition) is 1. The summed E-state index contributed by atoms with van der Waals surface area (Å²) in [6.07, 6.45) is -1.77. The van der Waals surface area contributed by atoms with E-state index in [1.54, 1.807) is 24.3 Å². The first-order chi connectivity index (χ1) is 7.39. The van der Waals surface area contributed by atoms with E-state index in [1.165, 1.54) is 0 Å². The third-order valence-corrected chi connectivity index (χ3v) is 3.10. The van der Waals surface area contributed by atoms with Gasteiger partial charge >= 0.3 is 0 Å². The first-order valence-electron chi connectivity index (χ1n) is 5.50. The highest BCUT2D eigenvalue weighted by Gasteiger charge is 2.34. The molecule has 0 amide bonds. The van der Waals surface area contributed by atoms with Gasteiger partial charge in [-0.1, -0.05) is 38.1 Å². The summed E-state index contributed by atoms with van der Waals surface area (Å²) in [6.45, 7) is 5.30. The second-order valence-electron chi connectivity index (χ2n) is 4.38. The van der Waals surface area contributed by atoms with Crippen LogP contribution in [-0.4, -0.2) is 11.5 Å². The van der Waals surface area contributed by atoms with Crippen molar-refractivity contribution in [3.63, 3.8) is 0 Å². The average molecular weight is 228 g/mol. The summed E-state index contributed by atoms with van der Waals surface area (Å²) in [5.41, 5.74) is -0.695. The maximum atomic E-state index is 12.6. The predicted octanol–water partition coefficient (Wildman–Crippen LogP) is 3.67. The van der Waals surface area contributed by atoms with Crippen molar-refractivity contribution in [2.24, 2.45) is 0 Å². The Morgan fingerprint density at radius 3 is 2.12 bits per heavy atom. The van der Waals surface area contributed by atoms with Gasteiger partial charge in [0.25, 0.3) is 6.43 Å². The molecule has 1 aromatic carbocycles. The van der Waals surface area contributed by atoms with Crippen LogP contribution in [0.15, 0.2) is 24.3 Å². The SMILES string of the molecule is CCC(C)c1ccc(C(C)(O)C(F)F)cc1. The van der Waals surface area contributed by atoms with Crippen LogP contribution in [0.3, 0.4) is 0 Å². The zero-order valence-corrected chi connectivity index (χ0v) is 9.87. The molecule has 0 heterocycles. The summed E-state index contributed by atoms with van der Waals surface area (Å²) in [4.78, 5) is 0. The zero-order chi connectivity index (χ0) is 12.3. The first kappa shape index (κ1) is 13.1. The van der Waals surface area contributed by atoms with Crippen LogP contribution in [0.4, 0.5) is 8.78 Å². The van der Waals surface area contributed by atoms with Gasteiger partial charge in [0.05, 0.1) is 0 Å². The van der Waals surface area contributed by atoms with E-state index in [4.69, 9.17) is 0 Å². The molecule has 0 saturated heterocycles. The molecule has 0 aliphatic rings. The number of rotatable bonds is 4. The normalized spacial score (nSPS) is 17.2. The standard InChI is InChI=1S/C13H18F2O/c1-4-9(2)10-5-7-11(8-6-10)13(3,16)12(14)15/h5-9,12,16H,4H2,1-3H3. The monoisotopic (exact) mass is 228 g/mol. The van der Waals surface area contributed by atoms with Crippen LogP contribution >= 0.6 is 0 Å². The Labute approximate surface area is 95.1 Å². The van der Waals surface area contributed by atoms with Crippen LogP contribution in [0, 0.1) is 0 Å². The lowest BCUT2D eigenvalue weighted by molar-refractivity contribution is -0.0883. The maximum absolute atomic E-state index is 12.6. The Morgan fingerprint density at radius 1 is 1.25 bits per heavy atom. The molecule has 1 aromatic rings. The second kappa shape index (κ2) is 4.91. The zero-order valence-electron chi connectivity index (χ0n) is 9.87. The van der Waals surface area contributed by atoms with E-state index in [9.17, 15) is 13.9 Å². The Bertz CT molecular complexity index is 330. The molecule has 1 nitrogen and oxygen atoms in total. The van der Waals surface area contributed by atoms with Crippen LogP contribution in [0.25, 0.3) is 0 Å². The van der Waals surface area contributed by atoms with Crippen LogP contribution in [0.1, 0.15) is 44.2 Å². The largest absolute Gasteiger partial charge is 0.379 e. The van der Waals surface area contributed by atoms with Crippen molar-refractivity contribution in [2.75, 3.05) is 0 Å². The van der Waals surface area contributed by atoms with Crippen LogP contribution in [-0.2, 0) is 5.60 Å². The van der Waals surface area contributed by atoms with Gasteiger partial charge in [-0.15, -0.1) is 0 Å². The molecule has 3 heteroatoms. The fraction of sp³-hybridized carbons (Fsp3) is 0.538. The molecule has 0 aliphatic heterocycles. The summed E-state index contributed by atoms with van der Waals surface area (Å²) in [5, 5.41) is 9.60. The van der Waals surface area contributed by atoms with Crippen molar-refractivity contribution < 1.29 is 13.9 Å². The van der Waals surface area contributed by atoms with Gasteiger partial charge in [-0.2, -0.15) is 0 Å². The highest BCUT2D eigenvalue weighted by molar-refractivity contribution is 5.29. The summed E-state index contributed by atoms with van der Waals surface area (Å²) in [7, 11) is 0. The van der Waals surface area contributed by atoms with Crippen molar-refractivity contribution in [3.8, 4) is 0 Å². The minimum Gasteiger partial charge on any atom is -0.379 e. The van der Waals surface area contributed by atoms with Gasteiger partial charge in [-0.3, -0.25) is 0 Å².